The monoisotopic (exact) mass is 439 g/mol. The Morgan fingerprint density at radius 1 is 0.939 bits per heavy atom. The standard InChI is InChI=1S/C29H29NO3/c1-19(2)23-15-13-20(3)17-26(23)33-18-27(32)30-29(22-10-5-4-6-11-22)28-24-12-8-7-9-21(24)14-16-25(28)31/h4-17,19,29,31H,18H2,1-3H3,(H,30,32). The highest BCUT2D eigenvalue weighted by molar-refractivity contribution is 5.89. The van der Waals surface area contributed by atoms with Gasteiger partial charge in [0.05, 0.1) is 6.04 Å². The molecule has 4 rings (SSSR count). The van der Waals surface area contributed by atoms with Gasteiger partial charge in [-0.3, -0.25) is 4.79 Å². The number of amides is 1. The van der Waals surface area contributed by atoms with Gasteiger partial charge in [-0.05, 0) is 52.4 Å². The van der Waals surface area contributed by atoms with Crippen LogP contribution in [-0.2, 0) is 4.79 Å². The number of aryl methyl sites for hydroxylation is 1. The molecule has 33 heavy (non-hydrogen) atoms. The van der Waals surface area contributed by atoms with Gasteiger partial charge < -0.3 is 15.2 Å². The molecule has 0 aromatic heterocycles. The molecule has 168 valence electrons. The number of benzene rings is 4. The van der Waals surface area contributed by atoms with Gasteiger partial charge in [-0.2, -0.15) is 0 Å². The van der Waals surface area contributed by atoms with Gasteiger partial charge in [-0.15, -0.1) is 0 Å². The van der Waals surface area contributed by atoms with E-state index in [0.29, 0.717) is 5.56 Å². The van der Waals surface area contributed by atoms with E-state index in [4.69, 9.17) is 4.74 Å². The number of carbonyl (C=O) groups excluding carboxylic acids is 1. The van der Waals surface area contributed by atoms with Crippen molar-refractivity contribution in [2.24, 2.45) is 0 Å². The van der Waals surface area contributed by atoms with Crippen LogP contribution in [0.3, 0.4) is 0 Å². The molecule has 4 aromatic carbocycles. The van der Waals surface area contributed by atoms with Crippen LogP contribution in [0, 0.1) is 6.92 Å². The minimum Gasteiger partial charge on any atom is -0.508 e. The second-order valence-electron chi connectivity index (χ2n) is 8.62. The number of hydrogen-bond acceptors (Lipinski definition) is 3. The van der Waals surface area contributed by atoms with E-state index in [1.54, 1.807) is 6.07 Å². The lowest BCUT2D eigenvalue weighted by molar-refractivity contribution is -0.123. The van der Waals surface area contributed by atoms with Crippen LogP contribution in [0.4, 0.5) is 0 Å². The fraction of sp³-hybridized carbons (Fsp3) is 0.207. The normalized spacial score (nSPS) is 12.0. The maximum Gasteiger partial charge on any atom is 0.258 e. The fourth-order valence-electron chi connectivity index (χ4n) is 4.14. The van der Waals surface area contributed by atoms with Crippen molar-refractivity contribution in [3.8, 4) is 11.5 Å². The minimum atomic E-state index is -0.518. The van der Waals surface area contributed by atoms with E-state index in [9.17, 15) is 9.90 Å². The summed E-state index contributed by atoms with van der Waals surface area (Å²) in [5.41, 5.74) is 3.71. The number of hydrogen-bond donors (Lipinski definition) is 2. The molecule has 1 unspecified atom stereocenters. The maximum atomic E-state index is 13.1. The molecule has 1 atom stereocenters. The Hall–Kier alpha value is -3.79. The molecule has 0 aliphatic rings. The molecule has 0 saturated heterocycles. The summed E-state index contributed by atoms with van der Waals surface area (Å²) in [6.45, 7) is 6.10. The molecule has 4 aromatic rings. The first-order chi connectivity index (χ1) is 15.9. The molecule has 0 fully saturated rings. The Morgan fingerprint density at radius 3 is 2.42 bits per heavy atom. The Morgan fingerprint density at radius 2 is 1.67 bits per heavy atom. The molecule has 1 amide bonds. The zero-order chi connectivity index (χ0) is 23.4. The Balaban J connectivity index is 1.64. The predicted molar refractivity (Wildman–Crippen MR) is 133 cm³/mol. The molecule has 0 saturated carbocycles. The summed E-state index contributed by atoms with van der Waals surface area (Å²) in [6, 6.07) is 26.6. The minimum absolute atomic E-state index is 0.113. The zero-order valence-corrected chi connectivity index (χ0v) is 19.2. The quantitative estimate of drug-likeness (QED) is 0.357. The third-order valence-electron chi connectivity index (χ3n) is 5.82. The van der Waals surface area contributed by atoms with E-state index in [-0.39, 0.29) is 24.2 Å². The molecule has 0 aliphatic heterocycles. The van der Waals surface area contributed by atoms with Crippen LogP contribution >= 0.6 is 0 Å². The molecule has 4 heteroatoms. The van der Waals surface area contributed by atoms with E-state index < -0.39 is 6.04 Å². The van der Waals surface area contributed by atoms with Crippen molar-refractivity contribution in [1.29, 1.82) is 0 Å². The van der Waals surface area contributed by atoms with Crippen molar-refractivity contribution in [2.45, 2.75) is 32.7 Å². The highest BCUT2D eigenvalue weighted by Crippen LogP contribution is 2.36. The Bertz CT molecular complexity index is 1260. The molecule has 4 nitrogen and oxygen atoms in total. The number of carbonyl (C=O) groups is 1. The van der Waals surface area contributed by atoms with Crippen molar-refractivity contribution in [3.05, 3.63) is 107 Å². The van der Waals surface area contributed by atoms with Crippen LogP contribution in [-0.4, -0.2) is 17.6 Å². The highest BCUT2D eigenvalue weighted by Gasteiger charge is 2.23. The topological polar surface area (TPSA) is 58.6 Å². The SMILES string of the molecule is Cc1ccc(C(C)C)c(OCC(=O)NC(c2ccccc2)c2c(O)ccc3ccccc23)c1. The molecule has 0 radical (unpaired) electrons. The van der Waals surface area contributed by atoms with Crippen molar-refractivity contribution >= 4 is 16.7 Å². The number of aromatic hydroxyl groups is 1. The molecule has 2 N–H and O–H groups in total. The van der Waals surface area contributed by atoms with Crippen molar-refractivity contribution in [3.63, 3.8) is 0 Å². The number of ether oxygens (including phenoxy) is 1. The van der Waals surface area contributed by atoms with Crippen molar-refractivity contribution in [1.82, 2.24) is 5.32 Å². The van der Waals surface area contributed by atoms with Crippen LogP contribution in [0.2, 0.25) is 0 Å². The number of rotatable bonds is 7. The third-order valence-corrected chi connectivity index (χ3v) is 5.82. The van der Waals surface area contributed by atoms with E-state index >= 15 is 0 Å². The highest BCUT2D eigenvalue weighted by atomic mass is 16.5. The molecule has 0 heterocycles. The average molecular weight is 440 g/mol. The molecule has 0 spiro atoms. The summed E-state index contributed by atoms with van der Waals surface area (Å²) in [5, 5.41) is 15.8. The smallest absolute Gasteiger partial charge is 0.258 e. The van der Waals surface area contributed by atoms with Gasteiger partial charge in [0.15, 0.2) is 6.61 Å². The van der Waals surface area contributed by atoms with Crippen LogP contribution in [0.15, 0.2) is 84.9 Å². The summed E-state index contributed by atoms with van der Waals surface area (Å²) in [5.74, 6) is 0.898. The van der Waals surface area contributed by atoms with Gasteiger partial charge in [-0.1, -0.05) is 86.6 Å². The first-order valence-electron chi connectivity index (χ1n) is 11.2. The van der Waals surface area contributed by atoms with Gasteiger partial charge in [0.25, 0.3) is 5.91 Å². The fourth-order valence-corrected chi connectivity index (χ4v) is 4.14. The lowest BCUT2D eigenvalue weighted by Crippen LogP contribution is -2.33. The molecular formula is C29H29NO3. The summed E-state index contributed by atoms with van der Waals surface area (Å²) in [6.07, 6.45) is 0. The summed E-state index contributed by atoms with van der Waals surface area (Å²) in [7, 11) is 0. The average Bonchev–Trinajstić information content (AvgIpc) is 2.82. The van der Waals surface area contributed by atoms with E-state index in [1.807, 2.05) is 79.7 Å². The van der Waals surface area contributed by atoms with Crippen LogP contribution in [0.25, 0.3) is 10.8 Å². The second kappa shape index (κ2) is 9.78. The van der Waals surface area contributed by atoms with Gasteiger partial charge in [-0.25, -0.2) is 0 Å². The van der Waals surface area contributed by atoms with E-state index in [2.05, 4.69) is 25.2 Å². The van der Waals surface area contributed by atoms with Gasteiger partial charge in [0.2, 0.25) is 0 Å². The third kappa shape index (κ3) is 5.01. The molecule has 0 aliphatic carbocycles. The van der Waals surface area contributed by atoms with Gasteiger partial charge in [0.1, 0.15) is 11.5 Å². The maximum absolute atomic E-state index is 13.1. The predicted octanol–water partition coefficient (Wildman–Crippen LogP) is 6.26. The molecular weight excluding hydrogens is 410 g/mol. The summed E-state index contributed by atoms with van der Waals surface area (Å²) >= 11 is 0. The van der Waals surface area contributed by atoms with Gasteiger partial charge in [0, 0.05) is 5.56 Å². The largest absolute Gasteiger partial charge is 0.508 e. The van der Waals surface area contributed by atoms with Crippen LogP contribution < -0.4 is 10.1 Å². The van der Waals surface area contributed by atoms with Gasteiger partial charge >= 0.3 is 0 Å². The lowest BCUT2D eigenvalue weighted by Gasteiger charge is -2.23. The van der Waals surface area contributed by atoms with Crippen LogP contribution in [0.1, 0.15) is 48.1 Å². The van der Waals surface area contributed by atoms with Crippen molar-refractivity contribution in [2.75, 3.05) is 6.61 Å². The Kier molecular flexibility index (Phi) is 6.64. The Labute approximate surface area is 194 Å². The number of nitrogens with one attached hydrogen (secondary N) is 1. The number of fused-ring (bicyclic) bond motifs is 1. The van der Waals surface area contributed by atoms with E-state index in [0.717, 1.165) is 33.2 Å². The first-order valence-corrected chi connectivity index (χ1v) is 11.2. The number of phenolic OH excluding ortho intramolecular Hbond substituents is 1. The molecule has 0 bridgehead atoms. The van der Waals surface area contributed by atoms with Crippen molar-refractivity contribution < 1.29 is 14.6 Å². The summed E-state index contributed by atoms with van der Waals surface area (Å²) < 4.78 is 5.96. The van der Waals surface area contributed by atoms with Crippen LogP contribution in [0.5, 0.6) is 11.5 Å². The number of phenols is 1. The lowest BCUT2D eigenvalue weighted by atomic mass is 9.92. The second-order valence-corrected chi connectivity index (χ2v) is 8.62. The zero-order valence-electron chi connectivity index (χ0n) is 19.2. The van der Waals surface area contributed by atoms with E-state index in [1.165, 1.54) is 0 Å². The first kappa shape index (κ1) is 22.4. The summed E-state index contributed by atoms with van der Waals surface area (Å²) in [4.78, 5) is 13.1.